The molecule has 0 aromatic rings. The summed E-state index contributed by atoms with van der Waals surface area (Å²) in [4.78, 5) is 16.7. The molecule has 0 amide bonds. The molecule has 17 heavy (non-hydrogen) atoms. The first-order chi connectivity index (χ1) is 8.16. The van der Waals surface area contributed by atoms with Crippen LogP contribution in [0.15, 0.2) is 0 Å². The number of hydrogen-bond donors (Lipinski definition) is 0. The van der Waals surface area contributed by atoms with Gasteiger partial charge in [0, 0.05) is 25.0 Å². The van der Waals surface area contributed by atoms with E-state index in [2.05, 4.69) is 9.80 Å². The van der Waals surface area contributed by atoms with Crippen LogP contribution in [0.25, 0.3) is 0 Å². The maximum Gasteiger partial charge on any atom is 0.149 e. The zero-order valence-electron chi connectivity index (χ0n) is 11.3. The van der Waals surface area contributed by atoms with Crippen molar-refractivity contribution < 1.29 is 4.79 Å². The Bertz CT molecular complexity index is 259. The van der Waals surface area contributed by atoms with Gasteiger partial charge in [-0.25, -0.2) is 0 Å². The number of nitrogens with zero attached hydrogens (tertiary/aromatic N) is 2. The second-order valence-electron chi connectivity index (χ2n) is 5.90. The Labute approximate surface area is 105 Å². The van der Waals surface area contributed by atoms with Gasteiger partial charge >= 0.3 is 0 Å². The monoisotopic (exact) mass is 238 g/mol. The van der Waals surface area contributed by atoms with Crippen LogP contribution in [0, 0.1) is 5.92 Å². The van der Waals surface area contributed by atoms with Gasteiger partial charge in [0.2, 0.25) is 0 Å². The van der Waals surface area contributed by atoms with Crippen molar-refractivity contribution in [3.8, 4) is 0 Å². The number of Topliss-reactive ketones (excluding diaryl/α,β-unsaturated/α-hetero) is 1. The van der Waals surface area contributed by atoms with Crippen molar-refractivity contribution in [3.05, 3.63) is 0 Å². The van der Waals surface area contributed by atoms with Gasteiger partial charge in [-0.3, -0.25) is 14.6 Å². The van der Waals surface area contributed by atoms with Crippen molar-refractivity contribution in [1.29, 1.82) is 0 Å². The molecule has 2 aliphatic heterocycles. The van der Waals surface area contributed by atoms with Gasteiger partial charge in [-0.05, 0) is 32.4 Å². The van der Waals surface area contributed by atoms with Crippen molar-refractivity contribution in [2.24, 2.45) is 5.92 Å². The zero-order chi connectivity index (χ0) is 12.3. The van der Waals surface area contributed by atoms with Crippen LogP contribution in [0.3, 0.4) is 0 Å². The molecule has 1 unspecified atom stereocenters. The van der Waals surface area contributed by atoms with Crippen molar-refractivity contribution in [3.63, 3.8) is 0 Å². The van der Waals surface area contributed by atoms with Gasteiger partial charge < -0.3 is 0 Å². The number of piperidine rings is 1. The molecule has 0 bridgehead atoms. The average Bonchev–Trinajstić information content (AvgIpc) is 2.78. The van der Waals surface area contributed by atoms with Crippen LogP contribution >= 0.6 is 0 Å². The molecular weight excluding hydrogens is 212 g/mol. The highest BCUT2D eigenvalue weighted by atomic mass is 16.1. The fourth-order valence-electron chi connectivity index (χ4n) is 2.94. The van der Waals surface area contributed by atoms with Gasteiger partial charge in [0.25, 0.3) is 0 Å². The Hall–Kier alpha value is -0.410. The van der Waals surface area contributed by atoms with Crippen LogP contribution in [0.5, 0.6) is 0 Å². The first-order valence-corrected chi connectivity index (χ1v) is 7.16. The maximum absolute atomic E-state index is 11.7. The number of hydrogen-bond acceptors (Lipinski definition) is 3. The van der Waals surface area contributed by atoms with Gasteiger partial charge in [0.1, 0.15) is 5.78 Å². The van der Waals surface area contributed by atoms with Crippen LogP contribution in [0.1, 0.15) is 39.5 Å². The molecule has 2 rings (SSSR count). The summed E-state index contributed by atoms with van der Waals surface area (Å²) in [5.74, 6) is 0.577. The van der Waals surface area contributed by atoms with E-state index in [9.17, 15) is 4.79 Å². The topological polar surface area (TPSA) is 23.6 Å². The highest BCUT2D eigenvalue weighted by Gasteiger charge is 2.29. The Morgan fingerprint density at radius 3 is 2.53 bits per heavy atom. The maximum atomic E-state index is 11.7. The minimum Gasteiger partial charge on any atom is -0.299 e. The molecule has 3 heteroatoms. The normalized spacial score (nSPS) is 27.8. The molecule has 0 radical (unpaired) electrons. The first kappa shape index (κ1) is 13.0. The quantitative estimate of drug-likeness (QED) is 0.746. The molecule has 0 aromatic carbocycles. The Kier molecular flexibility index (Phi) is 4.57. The third-order valence-corrected chi connectivity index (χ3v) is 4.18. The smallest absolute Gasteiger partial charge is 0.149 e. The Morgan fingerprint density at radius 1 is 1.18 bits per heavy atom. The second kappa shape index (κ2) is 5.96. The summed E-state index contributed by atoms with van der Waals surface area (Å²) in [6.45, 7) is 9.44. The van der Waals surface area contributed by atoms with E-state index < -0.39 is 0 Å². The van der Waals surface area contributed by atoms with Crippen LogP contribution in [-0.2, 0) is 4.79 Å². The predicted octanol–water partition coefficient (Wildman–Crippen LogP) is 1.77. The summed E-state index contributed by atoms with van der Waals surface area (Å²) in [5.41, 5.74) is 0. The fraction of sp³-hybridized carbons (Fsp3) is 0.929. The largest absolute Gasteiger partial charge is 0.299 e. The lowest BCUT2D eigenvalue weighted by Gasteiger charge is -2.32. The summed E-state index contributed by atoms with van der Waals surface area (Å²) in [7, 11) is 0. The molecule has 98 valence electrons. The average molecular weight is 238 g/mol. The van der Waals surface area contributed by atoms with Gasteiger partial charge in [-0.15, -0.1) is 0 Å². The highest BCUT2D eigenvalue weighted by Crippen LogP contribution is 2.20. The lowest BCUT2D eigenvalue weighted by molar-refractivity contribution is -0.122. The number of ketones is 1. The van der Waals surface area contributed by atoms with Crippen molar-refractivity contribution in [2.45, 2.75) is 45.6 Å². The van der Waals surface area contributed by atoms with Crippen LogP contribution in [0.4, 0.5) is 0 Å². The van der Waals surface area contributed by atoms with Crippen LogP contribution in [0.2, 0.25) is 0 Å². The third kappa shape index (κ3) is 3.52. The van der Waals surface area contributed by atoms with E-state index >= 15 is 0 Å². The number of rotatable bonds is 4. The molecule has 2 aliphatic rings. The van der Waals surface area contributed by atoms with E-state index in [1.165, 1.54) is 38.8 Å². The van der Waals surface area contributed by atoms with E-state index in [-0.39, 0.29) is 5.92 Å². The molecule has 2 fully saturated rings. The molecule has 0 N–H and O–H groups in total. The highest BCUT2D eigenvalue weighted by molar-refractivity contribution is 5.82. The number of carbonyl (C=O) groups excluding carboxylic acids is 1. The lowest BCUT2D eigenvalue weighted by Crippen LogP contribution is -2.41. The summed E-state index contributed by atoms with van der Waals surface area (Å²) in [5, 5.41) is 0. The van der Waals surface area contributed by atoms with Gasteiger partial charge in [-0.1, -0.05) is 20.3 Å². The SMILES string of the molecule is CC(C)C(=O)CN1CCC(N2CCCCC2)C1. The molecular formula is C14H26N2O. The standard InChI is InChI=1S/C14H26N2O/c1-12(2)14(17)11-15-9-6-13(10-15)16-7-4-3-5-8-16/h12-13H,3-11H2,1-2H3. The summed E-state index contributed by atoms with van der Waals surface area (Å²) < 4.78 is 0. The Morgan fingerprint density at radius 2 is 1.88 bits per heavy atom. The van der Waals surface area contributed by atoms with E-state index in [0.717, 1.165) is 19.1 Å². The number of carbonyl (C=O) groups is 1. The first-order valence-electron chi connectivity index (χ1n) is 7.16. The molecule has 0 aliphatic carbocycles. The second-order valence-corrected chi connectivity index (χ2v) is 5.90. The molecule has 1 atom stereocenters. The minimum absolute atomic E-state index is 0.184. The molecule has 0 saturated carbocycles. The Balaban J connectivity index is 1.76. The molecule has 0 spiro atoms. The van der Waals surface area contributed by atoms with E-state index in [1.54, 1.807) is 0 Å². The van der Waals surface area contributed by atoms with Crippen molar-refractivity contribution in [1.82, 2.24) is 9.80 Å². The molecule has 2 saturated heterocycles. The van der Waals surface area contributed by atoms with E-state index in [4.69, 9.17) is 0 Å². The number of likely N-dealkylation sites (tertiary alicyclic amines) is 2. The van der Waals surface area contributed by atoms with Crippen LogP contribution in [-0.4, -0.2) is 54.3 Å². The molecule has 0 aromatic heterocycles. The van der Waals surface area contributed by atoms with E-state index in [1.807, 2.05) is 13.8 Å². The van der Waals surface area contributed by atoms with Gasteiger partial charge in [-0.2, -0.15) is 0 Å². The zero-order valence-corrected chi connectivity index (χ0v) is 11.3. The lowest BCUT2D eigenvalue weighted by atomic mass is 10.1. The molecule has 2 heterocycles. The van der Waals surface area contributed by atoms with Crippen LogP contribution < -0.4 is 0 Å². The fourth-order valence-corrected chi connectivity index (χ4v) is 2.94. The summed E-state index contributed by atoms with van der Waals surface area (Å²) in [6, 6.07) is 0.718. The van der Waals surface area contributed by atoms with Gasteiger partial charge in [0.05, 0.1) is 6.54 Å². The van der Waals surface area contributed by atoms with E-state index in [0.29, 0.717) is 12.3 Å². The minimum atomic E-state index is 0.184. The summed E-state index contributed by atoms with van der Waals surface area (Å²) in [6.07, 6.45) is 5.38. The van der Waals surface area contributed by atoms with Crippen molar-refractivity contribution in [2.75, 3.05) is 32.7 Å². The van der Waals surface area contributed by atoms with Gasteiger partial charge in [0.15, 0.2) is 0 Å². The third-order valence-electron chi connectivity index (χ3n) is 4.18. The van der Waals surface area contributed by atoms with Crippen molar-refractivity contribution >= 4 is 5.78 Å². The summed E-state index contributed by atoms with van der Waals surface area (Å²) >= 11 is 0. The predicted molar refractivity (Wildman–Crippen MR) is 70.1 cm³/mol. The molecule has 3 nitrogen and oxygen atoms in total.